The third-order valence-electron chi connectivity index (χ3n) is 4.73. The van der Waals surface area contributed by atoms with E-state index in [9.17, 15) is 4.79 Å². The second-order valence-electron chi connectivity index (χ2n) is 6.59. The average Bonchev–Trinajstić information content (AvgIpc) is 2.96. The number of ether oxygens (including phenoxy) is 2. The van der Waals surface area contributed by atoms with E-state index >= 15 is 0 Å². The number of hydrogen-bond acceptors (Lipinski definition) is 4. The van der Waals surface area contributed by atoms with E-state index in [-0.39, 0.29) is 12.0 Å². The number of carbonyl (C=O) groups excluding carboxylic acids is 1. The first-order chi connectivity index (χ1) is 12.2. The number of methoxy groups -OCH3 is 1. The molecule has 0 aliphatic carbocycles. The molecule has 1 saturated heterocycles. The van der Waals surface area contributed by atoms with Crippen LogP contribution in [-0.4, -0.2) is 54.9 Å². The molecule has 0 saturated carbocycles. The fraction of sp³-hybridized carbons (Fsp3) is 0.526. The van der Waals surface area contributed by atoms with Gasteiger partial charge in [0, 0.05) is 63.4 Å². The number of primary amides is 1. The Balaban J connectivity index is 1.73. The first-order valence-corrected chi connectivity index (χ1v) is 8.85. The molecule has 1 aromatic carbocycles. The molecule has 136 valence electrons. The first-order valence-electron chi connectivity index (χ1n) is 8.85. The fourth-order valence-corrected chi connectivity index (χ4v) is 3.45. The van der Waals surface area contributed by atoms with Crippen LogP contribution < -0.4 is 5.73 Å². The summed E-state index contributed by atoms with van der Waals surface area (Å²) in [6.45, 7) is 4.85. The van der Waals surface area contributed by atoms with Crippen molar-refractivity contribution < 1.29 is 14.3 Å². The molecule has 1 aliphatic rings. The lowest BCUT2D eigenvalue weighted by Crippen LogP contribution is -2.42. The van der Waals surface area contributed by atoms with Gasteiger partial charge in [-0.1, -0.05) is 18.2 Å². The van der Waals surface area contributed by atoms with Crippen LogP contribution in [0.1, 0.15) is 18.4 Å². The van der Waals surface area contributed by atoms with Crippen LogP contribution >= 0.6 is 0 Å². The molecule has 0 bridgehead atoms. The summed E-state index contributed by atoms with van der Waals surface area (Å²) in [7, 11) is 1.72. The molecule has 0 spiro atoms. The number of morpholine rings is 1. The maximum absolute atomic E-state index is 11.1. The van der Waals surface area contributed by atoms with Gasteiger partial charge in [-0.15, -0.1) is 0 Å². The van der Waals surface area contributed by atoms with Gasteiger partial charge in [-0.25, -0.2) is 0 Å². The van der Waals surface area contributed by atoms with Gasteiger partial charge in [0.2, 0.25) is 5.91 Å². The second-order valence-corrected chi connectivity index (χ2v) is 6.59. The minimum Gasteiger partial charge on any atom is -0.385 e. The highest BCUT2D eigenvalue weighted by molar-refractivity contribution is 5.84. The van der Waals surface area contributed by atoms with E-state index in [1.165, 1.54) is 10.9 Å². The number of para-hydroxylation sites is 1. The molecule has 1 aliphatic heterocycles. The number of amides is 1. The van der Waals surface area contributed by atoms with Gasteiger partial charge in [-0.2, -0.15) is 0 Å². The molecular weight excluding hydrogens is 318 g/mol. The molecule has 6 nitrogen and oxygen atoms in total. The molecule has 25 heavy (non-hydrogen) atoms. The van der Waals surface area contributed by atoms with Crippen LogP contribution in [0, 0.1) is 0 Å². The van der Waals surface area contributed by atoms with Crippen molar-refractivity contribution in [3.8, 4) is 0 Å². The van der Waals surface area contributed by atoms with Crippen molar-refractivity contribution in [2.75, 3.05) is 33.4 Å². The predicted octanol–water partition coefficient (Wildman–Crippen LogP) is 1.75. The van der Waals surface area contributed by atoms with Crippen LogP contribution in [0.5, 0.6) is 0 Å². The lowest BCUT2D eigenvalue weighted by atomic mass is 10.1. The Kier molecular flexibility index (Phi) is 6.07. The quantitative estimate of drug-likeness (QED) is 0.791. The SMILES string of the molecule is COCC[C@H]1CN(Cc2cn(CCC(N)=O)c3ccccc23)CCO1. The van der Waals surface area contributed by atoms with E-state index in [0.717, 1.165) is 44.8 Å². The summed E-state index contributed by atoms with van der Waals surface area (Å²) in [5, 5.41) is 1.24. The van der Waals surface area contributed by atoms with E-state index in [0.29, 0.717) is 13.0 Å². The highest BCUT2D eigenvalue weighted by atomic mass is 16.5. The molecule has 6 heteroatoms. The Morgan fingerprint density at radius 3 is 3.04 bits per heavy atom. The lowest BCUT2D eigenvalue weighted by Gasteiger charge is -2.32. The zero-order valence-corrected chi connectivity index (χ0v) is 14.8. The monoisotopic (exact) mass is 345 g/mol. The molecule has 3 rings (SSSR count). The van der Waals surface area contributed by atoms with Gasteiger partial charge in [0.1, 0.15) is 0 Å². The molecular formula is C19H27N3O3. The summed E-state index contributed by atoms with van der Waals surface area (Å²) in [5.74, 6) is -0.270. The second kappa shape index (κ2) is 8.47. The number of benzene rings is 1. The molecule has 1 atom stereocenters. The van der Waals surface area contributed by atoms with E-state index < -0.39 is 0 Å². The number of fused-ring (bicyclic) bond motifs is 1. The van der Waals surface area contributed by atoms with Crippen LogP contribution in [0.4, 0.5) is 0 Å². The molecule has 2 heterocycles. The third kappa shape index (κ3) is 4.60. The number of carbonyl (C=O) groups is 1. The van der Waals surface area contributed by atoms with E-state index in [1.54, 1.807) is 7.11 Å². The number of aromatic nitrogens is 1. The summed E-state index contributed by atoms with van der Waals surface area (Å²) < 4.78 is 13.1. The number of hydrogen-bond donors (Lipinski definition) is 1. The Bertz CT molecular complexity index is 713. The van der Waals surface area contributed by atoms with Crippen molar-refractivity contribution in [2.24, 2.45) is 5.73 Å². The summed E-state index contributed by atoms with van der Waals surface area (Å²) in [5.41, 5.74) is 7.75. The number of aryl methyl sites for hydroxylation is 1. The maximum Gasteiger partial charge on any atom is 0.219 e. The van der Waals surface area contributed by atoms with Gasteiger partial charge in [-0.05, 0) is 18.1 Å². The first kappa shape index (κ1) is 17.9. The Morgan fingerprint density at radius 2 is 2.24 bits per heavy atom. The molecule has 0 radical (unpaired) electrons. The van der Waals surface area contributed by atoms with Crippen molar-refractivity contribution in [1.29, 1.82) is 0 Å². The van der Waals surface area contributed by atoms with Gasteiger partial charge >= 0.3 is 0 Å². The zero-order chi connectivity index (χ0) is 17.6. The van der Waals surface area contributed by atoms with E-state index in [1.807, 2.05) is 6.07 Å². The smallest absolute Gasteiger partial charge is 0.219 e. The van der Waals surface area contributed by atoms with Crippen molar-refractivity contribution in [3.05, 3.63) is 36.0 Å². The average molecular weight is 345 g/mol. The number of nitrogens with zero attached hydrogens (tertiary/aromatic N) is 2. The maximum atomic E-state index is 11.1. The van der Waals surface area contributed by atoms with Crippen LogP contribution in [0.2, 0.25) is 0 Å². The summed E-state index contributed by atoms with van der Waals surface area (Å²) in [6, 6.07) is 8.34. The fourth-order valence-electron chi connectivity index (χ4n) is 3.45. The highest BCUT2D eigenvalue weighted by Crippen LogP contribution is 2.24. The normalized spacial score (nSPS) is 18.7. The van der Waals surface area contributed by atoms with E-state index in [4.69, 9.17) is 15.2 Å². The summed E-state index contributed by atoms with van der Waals surface area (Å²) in [4.78, 5) is 13.6. The minimum atomic E-state index is -0.270. The molecule has 0 unspecified atom stereocenters. The minimum absolute atomic E-state index is 0.233. The molecule has 2 N–H and O–H groups in total. The molecule has 1 amide bonds. The van der Waals surface area contributed by atoms with Gasteiger partial charge in [0.25, 0.3) is 0 Å². The van der Waals surface area contributed by atoms with Gasteiger partial charge in [0.15, 0.2) is 0 Å². The molecule has 1 fully saturated rings. The third-order valence-corrected chi connectivity index (χ3v) is 4.73. The van der Waals surface area contributed by atoms with Crippen molar-refractivity contribution in [3.63, 3.8) is 0 Å². The van der Waals surface area contributed by atoms with Crippen molar-refractivity contribution in [2.45, 2.75) is 32.0 Å². The van der Waals surface area contributed by atoms with E-state index in [2.05, 4.69) is 33.9 Å². The number of nitrogens with two attached hydrogens (primary N) is 1. The topological polar surface area (TPSA) is 69.7 Å². The van der Waals surface area contributed by atoms with Gasteiger partial charge < -0.3 is 19.8 Å². The molecule has 1 aromatic heterocycles. The van der Waals surface area contributed by atoms with Crippen molar-refractivity contribution >= 4 is 16.8 Å². The van der Waals surface area contributed by atoms with Crippen molar-refractivity contribution in [1.82, 2.24) is 9.47 Å². The van der Waals surface area contributed by atoms with Crippen LogP contribution in [0.25, 0.3) is 10.9 Å². The summed E-state index contributed by atoms with van der Waals surface area (Å²) >= 11 is 0. The summed E-state index contributed by atoms with van der Waals surface area (Å²) in [6.07, 6.45) is 3.67. The Hall–Kier alpha value is -1.89. The largest absolute Gasteiger partial charge is 0.385 e. The number of rotatable bonds is 8. The predicted molar refractivity (Wildman–Crippen MR) is 97.3 cm³/mol. The highest BCUT2D eigenvalue weighted by Gasteiger charge is 2.21. The Morgan fingerprint density at radius 1 is 1.40 bits per heavy atom. The van der Waals surface area contributed by atoms with Gasteiger partial charge in [0.05, 0.1) is 12.7 Å². The Labute approximate surface area is 148 Å². The lowest BCUT2D eigenvalue weighted by molar-refractivity contribution is -0.118. The van der Waals surface area contributed by atoms with Crippen LogP contribution in [-0.2, 0) is 27.4 Å². The standard InChI is InChI=1S/C19H27N3O3/c1-24-10-7-16-14-21(9-11-25-16)12-15-13-22(8-6-19(20)23)18-5-3-2-4-17(15)18/h2-5,13,16H,6-12,14H2,1H3,(H2,20,23)/t16-/m0/s1. The molecule has 2 aromatic rings. The van der Waals surface area contributed by atoms with Crippen LogP contribution in [0.15, 0.2) is 30.5 Å². The van der Waals surface area contributed by atoms with Gasteiger partial charge in [-0.3, -0.25) is 9.69 Å². The zero-order valence-electron chi connectivity index (χ0n) is 14.8. The van der Waals surface area contributed by atoms with Crippen LogP contribution in [0.3, 0.4) is 0 Å².